The summed E-state index contributed by atoms with van der Waals surface area (Å²) in [6.07, 6.45) is -0.459. The Morgan fingerprint density at radius 2 is 2.05 bits per heavy atom. The Morgan fingerprint density at radius 3 is 2.67 bits per heavy atom. The number of hydrogen-bond acceptors (Lipinski definition) is 6. The maximum absolute atomic E-state index is 12.1. The standard InChI is InChI=1S/C11H15N5O5/c1-14-10(20)8(13-15(2)11(14)21)16-4-3-12-9(19)6(16)5-7(17)18/h6H,3-5H2,1-2H3,(H,12,19)(H,17,18). The van der Waals surface area contributed by atoms with Crippen LogP contribution in [0.3, 0.4) is 0 Å². The highest BCUT2D eigenvalue weighted by Gasteiger charge is 2.34. The monoisotopic (exact) mass is 297 g/mol. The van der Waals surface area contributed by atoms with Crippen LogP contribution in [0.15, 0.2) is 9.59 Å². The van der Waals surface area contributed by atoms with Crippen LogP contribution in [0.25, 0.3) is 0 Å². The van der Waals surface area contributed by atoms with Crippen LogP contribution in [0.2, 0.25) is 0 Å². The third-order valence-electron chi connectivity index (χ3n) is 3.28. The first-order valence-corrected chi connectivity index (χ1v) is 6.23. The summed E-state index contributed by atoms with van der Waals surface area (Å²) in [5, 5.41) is 15.3. The molecular formula is C11H15N5O5. The fraction of sp³-hybridized carbons (Fsp3) is 0.545. The quantitative estimate of drug-likeness (QED) is 0.619. The van der Waals surface area contributed by atoms with Gasteiger partial charge in [-0.05, 0) is 0 Å². The third-order valence-corrected chi connectivity index (χ3v) is 3.28. The van der Waals surface area contributed by atoms with E-state index in [-0.39, 0.29) is 18.9 Å². The molecule has 10 nitrogen and oxygen atoms in total. The van der Waals surface area contributed by atoms with Crippen molar-refractivity contribution in [3.05, 3.63) is 20.8 Å². The zero-order valence-corrected chi connectivity index (χ0v) is 11.6. The molecule has 1 amide bonds. The lowest BCUT2D eigenvalue weighted by molar-refractivity contribution is -0.139. The smallest absolute Gasteiger partial charge is 0.346 e. The van der Waals surface area contributed by atoms with Gasteiger partial charge in [0.25, 0.3) is 5.56 Å². The Kier molecular flexibility index (Phi) is 3.78. The second kappa shape index (κ2) is 5.38. The molecule has 1 aromatic heterocycles. The minimum Gasteiger partial charge on any atom is -0.481 e. The van der Waals surface area contributed by atoms with Crippen LogP contribution in [0.5, 0.6) is 0 Å². The molecule has 0 spiro atoms. The van der Waals surface area contributed by atoms with Crippen LogP contribution in [0.4, 0.5) is 5.82 Å². The number of nitrogens with zero attached hydrogens (tertiary/aromatic N) is 4. The SMILES string of the molecule is Cn1nc(N2CCNC(=O)C2CC(=O)O)c(=O)n(C)c1=O. The number of piperazine rings is 1. The minimum atomic E-state index is -1.16. The van der Waals surface area contributed by atoms with Gasteiger partial charge in [-0.3, -0.25) is 19.0 Å². The van der Waals surface area contributed by atoms with Gasteiger partial charge in [-0.2, -0.15) is 0 Å². The first-order valence-electron chi connectivity index (χ1n) is 6.23. The average Bonchev–Trinajstić information content (AvgIpc) is 2.42. The van der Waals surface area contributed by atoms with E-state index < -0.39 is 35.6 Å². The lowest BCUT2D eigenvalue weighted by Crippen LogP contribution is -2.58. The molecule has 0 bridgehead atoms. The number of rotatable bonds is 3. The van der Waals surface area contributed by atoms with E-state index in [1.165, 1.54) is 19.0 Å². The molecular weight excluding hydrogens is 282 g/mol. The summed E-state index contributed by atoms with van der Waals surface area (Å²) in [4.78, 5) is 47.8. The zero-order valence-electron chi connectivity index (χ0n) is 11.6. The van der Waals surface area contributed by atoms with Crippen LogP contribution in [-0.2, 0) is 23.7 Å². The molecule has 0 aromatic carbocycles. The molecule has 0 radical (unpaired) electrons. The van der Waals surface area contributed by atoms with Crippen LogP contribution in [-0.4, -0.2) is 50.5 Å². The molecule has 1 aliphatic rings. The summed E-state index contributed by atoms with van der Waals surface area (Å²) >= 11 is 0. The van der Waals surface area contributed by atoms with Gasteiger partial charge in [0.15, 0.2) is 0 Å². The van der Waals surface area contributed by atoms with E-state index in [0.29, 0.717) is 0 Å². The molecule has 1 unspecified atom stereocenters. The van der Waals surface area contributed by atoms with Crippen molar-refractivity contribution in [2.75, 3.05) is 18.0 Å². The first kappa shape index (κ1) is 14.8. The summed E-state index contributed by atoms with van der Waals surface area (Å²) < 4.78 is 1.84. The predicted octanol–water partition coefficient (Wildman–Crippen LogP) is -2.74. The number of amides is 1. The fourth-order valence-corrected chi connectivity index (χ4v) is 2.20. The number of hydrogen-bond donors (Lipinski definition) is 2. The van der Waals surface area contributed by atoms with Crippen molar-refractivity contribution in [3.8, 4) is 0 Å². The number of anilines is 1. The average molecular weight is 297 g/mol. The Labute approximate surface area is 118 Å². The van der Waals surface area contributed by atoms with Crippen molar-refractivity contribution < 1.29 is 14.7 Å². The minimum absolute atomic E-state index is 0.110. The Morgan fingerprint density at radius 1 is 1.38 bits per heavy atom. The summed E-state index contributed by atoms with van der Waals surface area (Å²) in [5.74, 6) is -1.76. The van der Waals surface area contributed by atoms with Gasteiger partial charge in [0, 0.05) is 27.2 Å². The van der Waals surface area contributed by atoms with Crippen molar-refractivity contribution in [3.63, 3.8) is 0 Å². The molecule has 21 heavy (non-hydrogen) atoms. The van der Waals surface area contributed by atoms with Gasteiger partial charge in [0.05, 0.1) is 6.42 Å². The molecule has 0 saturated carbocycles. The summed E-state index contributed by atoms with van der Waals surface area (Å²) in [6.45, 7) is 0.507. The van der Waals surface area contributed by atoms with Crippen molar-refractivity contribution in [2.24, 2.45) is 14.1 Å². The molecule has 10 heteroatoms. The van der Waals surface area contributed by atoms with Gasteiger partial charge in [-0.15, -0.1) is 5.10 Å². The fourth-order valence-electron chi connectivity index (χ4n) is 2.20. The Bertz CT molecular complexity index is 706. The molecule has 2 N–H and O–H groups in total. The number of carbonyl (C=O) groups is 2. The number of aliphatic carboxylic acids is 1. The summed E-state index contributed by atoms with van der Waals surface area (Å²) in [6, 6.07) is -1.03. The lowest BCUT2D eigenvalue weighted by Gasteiger charge is -2.34. The van der Waals surface area contributed by atoms with Gasteiger partial charge in [0.2, 0.25) is 11.7 Å². The van der Waals surface area contributed by atoms with E-state index in [0.717, 1.165) is 9.25 Å². The molecule has 1 atom stereocenters. The van der Waals surface area contributed by atoms with E-state index in [4.69, 9.17) is 5.11 Å². The lowest BCUT2D eigenvalue weighted by atomic mass is 10.1. The highest BCUT2D eigenvalue weighted by Crippen LogP contribution is 2.14. The van der Waals surface area contributed by atoms with Crippen LogP contribution in [0, 0.1) is 0 Å². The summed E-state index contributed by atoms with van der Waals surface area (Å²) in [7, 11) is 2.67. The van der Waals surface area contributed by atoms with Crippen LogP contribution >= 0.6 is 0 Å². The largest absolute Gasteiger partial charge is 0.481 e. The highest BCUT2D eigenvalue weighted by atomic mass is 16.4. The maximum Gasteiger partial charge on any atom is 0.346 e. The Hall–Kier alpha value is -2.65. The van der Waals surface area contributed by atoms with Gasteiger partial charge >= 0.3 is 11.7 Å². The van der Waals surface area contributed by atoms with Crippen molar-refractivity contribution in [1.82, 2.24) is 19.7 Å². The molecule has 1 fully saturated rings. The number of carbonyl (C=O) groups excluding carboxylic acids is 1. The van der Waals surface area contributed by atoms with Crippen molar-refractivity contribution in [1.29, 1.82) is 0 Å². The first-order chi connectivity index (χ1) is 9.82. The number of carboxylic acid groups (broad SMARTS) is 1. The molecule has 0 aliphatic carbocycles. The van der Waals surface area contributed by atoms with Gasteiger partial charge in [-0.1, -0.05) is 0 Å². The topological polar surface area (TPSA) is 127 Å². The van der Waals surface area contributed by atoms with E-state index in [9.17, 15) is 19.2 Å². The van der Waals surface area contributed by atoms with Gasteiger partial charge in [-0.25, -0.2) is 9.48 Å². The zero-order chi connectivity index (χ0) is 15.7. The van der Waals surface area contributed by atoms with Crippen molar-refractivity contribution in [2.45, 2.75) is 12.5 Å². The van der Waals surface area contributed by atoms with Gasteiger partial charge < -0.3 is 15.3 Å². The number of nitrogens with one attached hydrogen (secondary N) is 1. The van der Waals surface area contributed by atoms with E-state index >= 15 is 0 Å². The predicted molar refractivity (Wildman–Crippen MR) is 71.1 cm³/mol. The molecule has 1 aliphatic heterocycles. The molecule has 2 heterocycles. The Balaban J connectivity index is 2.52. The van der Waals surface area contributed by atoms with Gasteiger partial charge in [0.1, 0.15) is 6.04 Å². The number of carboxylic acids is 1. The second-order valence-electron chi connectivity index (χ2n) is 4.69. The normalized spacial score (nSPS) is 18.5. The van der Waals surface area contributed by atoms with Crippen LogP contribution < -0.4 is 21.5 Å². The summed E-state index contributed by atoms with van der Waals surface area (Å²) in [5.41, 5.74) is -1.26. The molecule has 1 aromatic rings. The van der Waals surface area contributed by atoms with E-state index in [1.807, 2.05) is 0 Å². The molecule has 1 saturated heterocycles. The number of aromatic nitrogens is 3. The second-order valence-corrected chi connectivity index (χ2v) is 4.69. The molecule has 114 valence electrons. The van der Waals surface area contributed by atoms with Crippen molar-refractivity contribution >= 4 is 17.7 Å². The third kappa shape index (κ3) is 2.64. The van der Waals surface area contributed by atoms with Crippen LogP contribution in [0.1, 0.15) is 6.42 Å². The molecule has 2 rings (SSSR count). The van der Waals surface area contributed by atoms with E-state index in [2.05, 4.69) is 10.4 Å². The van der Waals surface area contributed by atoms with E-state index in [1.54, 1.807) is 0 Å². The maximum atomic E-state index is 12.1. The highest BCUT2D eigenvalue weighted by molar-refractivity contribution is 5.89. The number of aryl methyl sites for hydroxylation is 1.